The Bertz CT molecular complexity index is 576. The van der Waals surface area contributed by atoms with Gasteiger partial charge in [0.05, 0.1) is 17.2 Å². The summed E-state index contributed by atoms with van der Waals surface area (Å²) in [6.45, 7) is 7.60. The molecule has 9 heteroatoms. The minimum absolute atomic E-state index is 0.375. The fraction of sp³-hybridized carbons (Fsp3) is 0.733. The van der Waals surface area contributed by atoms with E-state index in [-0.39, 0.29) is 0 Å². The van der Waals surface area contributed by atoms with Crippen molar-refractivity contribution in [1.82, 2.24) is 20.1 Å². The zero-order valence-corrected chi connectivity index (χ0v) is 15.3. The Balaban J connectivity index is 1.88. The highest BCUT2D eigenvalue weighted by atomic mass is 32.1. The number of aliphatic imine (C=N–C) groups is 1. The highest BCUT2D eigenvalue weighted by molar-refractivity contribution is 7.11. The average molecular weight is 363 g/mol. The van der Waals surface area contributed by atoms with Crippen molar-refractivity contribution in [2.45, 2.75) is 39.5 Å². The maximum atomic E-state index is 12.8. The molecule has 24 heavy (non-hydrogen) atoms. The van der Waals surface area contributed by atoms with E-state index in [2.05, 4.69) is 15.3 Å². The van der Waals surface area contributed by atoms with Gasteiger partial charge >= 0.3 is 6.18 Å². The average Bonchev–Trinajstić information content (AvgIpc) is 2.85. The summed E-state index contributed by atoms with van der Waals surface area (Å²) in [6, 6.07) is -1.41. The summed E-state index contributed by atoms with van der Waals surface area (Å²) in [6.07, 6.45) is -4.18. The Labute approximate surface area is 144 Å². The maximum absolute atomic E-state index is 12.8. The molecule has 0 aliphatic carbocycles. The normalized spacial score (nSPS) is 18.8. The second-order valence-electron chi connectivity index (χ2n) is 5.88. The Morgan fingerprint density at radius 1 is 1.29 bits per heavy atom. The Morgan fingerprint density at radius 2 is 1.92 bits per heavy atom. The number of hydrogen-bond donors (Lipinski definition) is 1. The first-order valence-corrected chi connectivity index (χ1v) is 8.73. The molecule has 1 atom stereocenters. The standard InChI is InChI=1S/C15H24F3N5S/c1-10-13(24-12(3)21-10)9-20-14(19-4)23-7-5-22(6-8-23)11(2)15(16,17)18/h11H,5-9H2,1-4H3,(H,19,20). The Hall–Kier alpha value is -1.35. The molecule has 1 aromatic rings. The number of nitrogens with one attached hydrogen (secondary N) is 1. The van der Waals surface area contributed by atoms with Crippen LogP contribution in [-0.4, -0.2) is 66.2 Å². The van der Waals surface area contributed by atoms with E-state index in [1.54, 1.807) is 18.4 Å². The molecule has 0 spiro atoms. The van der Waals surface area contributed by atoms with E-state index in [1.807, 2.05) is 18.7 Å². The van der Waals surface area contributed by atoms with E-state index in [4.69, 9.17) is 0 Å². The van der Waals surface area contributed by atoms with Gasteiger partial charge in [0.1, 0.15) is 6.04 Å². The van der Waals surface area contributed by atoms with Gasteiger partial charge < -0.3 is 10.2 Å². The van der Waals surface area contributed by atoms with Gasteiger partial charge in [0, 0.05) is 38.1 Å². The van der Waals surface area contributed by atoms with Gasteiger partial charge in [-0.15, -0.1) is 11.3 Å². The number of aromatic nitrogens is 1. The molecule has 0 saturated carbocycles. The molecule has 1 aromatic heterocycles. The zero-order chi connectivity index (χ0) is 17.9. The predicted molar refractivity (Wildman–Crippen MR) is 90.4 cm³/mol. The van der Waals surface area contributed by atoms with E-state index in [9.17, 15) is 13.2 Å². The number of thiazole rings is 1. The quantitative estimate of drug-likeness (QED) is 0.662. The third-order valence-corrected chi connectivity index (χ3v) is 5.33. The first-order chi connectivity index (χ1) is 11.2. The molecule has 2 rings (SSSR count). The SMILES string of the molecule is CN=C(NCc1sc(C)nc1C)N1CCN(C(C)C(F)(F)F)CC1. The molecule has 5 nitrogen and oxygen atoms in total. The van der Waals surface area contributed by atoms with Crippen molar-refractivity contribution < 1.29 is 13.2 Å². The molecular weight excluding hydrogens is 339 g/mol. The van der Waals surface area contributed by atoms with Crippen LogP contribution in [0, 0.1) is 13.8 Å². The summed E-state index contributed by atoms with van der Waals surface area (Å²) in [5.41, 5.74) is 1.00. The van der Waals surface area contributed by atoms with Crippen molar-refractivity contribution in [1.29, 1.82) is 0 Å². The summed E-state index contributed by atoms with van der Waals surface area (Å²) in [5.74, 6) is 0.722. The van der Waals surface area contributed by atoms with Crippen molar-refractivity contribution >= 4 is 17.3 Å². The summed E-state index contributed by atoms with van der Waals surface area (Å²) < 4.78 is 38.4. The van der Waals surface area contributed by atoms with Gasteiger partial charge in [0.25, 0.3) is 0 Å². The van der Waals surface area contributed by atoms with E-state index < -0.39 is 12.2 Å². The summed E-state index contributed by atoms with van der Waals surface area (Å²) in [5, 5.41) is 4.31. The topological polar surface area (TPSA) is 43.8 Å². The first-order valence-electron chi connectivity index (χ1n) is 7.91. The number of guanidine groups is 1. The van der Waals surface area contributed by atoms with Gasteiger partial charge in [0.15, 0.2) is 5.96 Å². The molecule has 1 unspecified atom stereocenters. The van der Waals surface area contributed by atoms with Crippen molar-refractivity contribution in [3.8, 4) is 0 Å². The second kappa shape index (κ2) is 7.69. The smallest absolute Gasteiger partial charge is 0.351 e. The van der Waals surface area contributed by atoms with E-state index >= 15 is 0 Å². The summed E-state index contributed by atoms with van der Waals surface area (Å²) in [4.78, 5) is 13.3. The van der Waals surface area contributed by atoms with Gasteiger partial charge in [-0.25, -0.2) is 4.98 Å². The number of aryl methyl sites for hydroxylation is 2. The van der Waals surface area contributed by atoms with Crippen LogP contribution in [0.4, 0.5) is 13.2 Å². The zero-order valence-electron chi connectivity index (χ0n) is 14.4. The molecule has 0 bridgehead atoms. The van der Waals surface area contributed by atoms with Crippen LogP contribution >= 0.6 is 11.3 Å². The Morgan fingerprint density at radius 3 is 2.38 bits per heavy atom. The van der Waals surface area contributed by atoms with Gasteiger partial charge in [-0.1, -0.05) is 0 Å². The van der Waals surface area contributed by atoms with E-state index in [0.29, 0.717) is 32.7 Å². The maximum Gasteiger partial charge on any atom is 0.403 e. The van der Waals surface area contributed by atoms with Crippen LogP contribution in [0.3, 0.4) is 0 Å². The van der Waals surface area contributed by atoms with Crippen molar-refractivity contribution in [2.24, 2.45) is 4.99 Å². The van der Waals surface area contributed by atoms with Crippen LogP contribution in [-0.2, 0) is 6.54 Å². The van der Waals surface area contributed by atoms with Crippen LogP contribution in [0.5, 0.6) is 0 Å². The third-order valence-electron chi connectivity index (χ3n) is 4.25. The highest BCUT2D eigenvalue weighted by Crippen LogP contribution is 2.25. The van der Waals surface area contributed by atoms with Gasteiger partial charge in [-0.2, -0.15) is 13.2 Å². The highest BCUT2D eigenvalue weighted by Gasteiger charge is 2.41. The number of piperazine rings is 1. The van der Waals surface area contributed by atoms with E-state index in [1.165, 1.54) is 11.8 Å². The lowest BCUT2D eigenvalue weighted by Gasteiger charge is -2.39. The van der Waals surface area contributed by atoms with Crippen LogP contribution in [0.2, 0.25) is 0 Å². The minimum atomic E-state index is -4.18. The van der Waals surface area contributed by atoms with Crippen LogP contribution in [0.25, 0.3) is 0 Å². The molecule has 1 fully saturated rings. The Kier molecular flexibility index (Phi) is 6.08. The van der Waals surface area contributed by atoms with Crippen LogP contribution < -0.4 is 5.32 Å². The van der Waals surface area contributed by atoms with Crippen molar-refractivity contribution in [3.63, 3.8) is 0 Å². The fourth-order valence-corrected chi connectivity index (χ4v) is 3.63. The largest absolute Gasteiger partial charge is 0.403 e. The lowest BCUT2D eigenvalue weighted by atomic mass is 10.2. The van der Waals surface area contributed by atoms with Crippen LogP contribution in [0.1, 0.15) is 22.5 Å². The fourth-order valence-electron chi connectivity index (χ4n) is 2.76. The molecule has 0 radical (unpaired) electrons. The molecular formula is C15H24F3N5S. The number of halogens is 3. The molecule has 1 aliphatic heterocycles. The number of alkyl halides is 3. The van der Waals surface area contributed by atoms with Gasteiger partial charge in [-0.3, -0.25) is 9.89 Å². The second-order valence-corrected chi connectivity index (χ2v) is 7.17. The number of nitrogens with zero attached hydrogens (tertiary/aromatic N) is 4. The predicted octanol–water partition coefficient (Wildman–Crippen LogP) is 2.40. The van der Waals surface area contributed by atoms with Crippen molar-refractivity contribution in [2.75, 3.05) is 33.2 Å². The molecule has 1 N–H and O–H groups in total. The molecule has 2 heterocycles. The molecule has 0 aromatic carbocycles. The first kappa shape index (κ1) is 19.0. The lowest BCUT2D eigenvalue weighted by Crippen LogP contribution is -2.56. The number of rotatable bonds is 3. The monoisotopic (exact) mass is 363 g/mol. The molecule has 136 valence electrons. The number of hydrogen-bond acceptors (Lipinski definition) is 4. The molecule has 1 aliphatic rings. The van der Waals surface area contributed by atoms with Crippen LogP contribution in [0.15, 0.2) is 4.99 Å². The summed E-state index contributed by atoms with van der Waals surface area (Å²) >= 11 is 1.64. The molecule has 0 amide bonds. The van der Waals surface area contributed by atoms with Gasteiger partial charge in [0.2, 0.25) is 0 Å². The summed E-state index contributed by atoms with van der Waals surface area (Å²) in [7, 11) is 1.69. The van der Waals surface area contributed by atoms with Gasteiger partial charge in [-0.05, 0) is 20.8 Å². The van der Waals surface area contributed by atoms with E-state index in [0.717, 1.165) is 21.5 Å². The third kappa shape index (κ3) is 4.60. The van der Waals surface area contributed by atoms with Crippen molar-refractivity contribution in [3.05, 3.63) is 15.6 Å². The minimum Gasteiger partial charge on any atom is -0.351 e. The lowest BCUT2D eigenvalue weighted by molar-refractivity contribution is -0.181. The molecule has 1 saturated heterocycles.